The first kappa shape index (κ1) is 16.6. The highest BCUT2D eigenvalue weighted by molar-refractivity contribution is 6.30. The average molecular weight is 347 g/mol. The molecule has 6 heteroatoms. The van der Waals surface area contributed by atoms with Gasteiger partial charge in [0.15, 0.2) is 5.78 Å². The van der Waals surface area contributed by atoms with Gasteiger partial charge in [0.1, 0.15) is 12.4 Å². The molecule has 0 unspecified atom stereocenters. The largest absolute Gasteiger partial charge is 0.491 e. The zero-order valence-corrected chi connectivity index (χ0v) is 14.7. The Morgan fingerprint density at radius 3 is 2.71 bits per heavy atom. The zero-order valence-electron chi connectivity index (χ0n) is 13.9. The molecule has 126 valence electrons. The monoisotopic (exact) mass is 346 g/mol. The Kier molecular flexibility index (Phi) is 4.37. The number of nitrogens with one attached hydrogen (secondary N) is 1. The van der Waals surface area contributed by atoms with Crippen molar-refractivity contribution < 1.29 is 14.3 Å². The van der Waals surface area contributed by atoms with Crippen LogP contribution in [0, 0.1) is 13.8 Å². The van der Waals surface area contributed by atoms with E-state index in [0.29, 0.717) is 47.2 Å². The van der Waals surface area contributed by atoms with Gasteiger partial charge in [-0.25, -0.2) is 0 Å². The number of hydrogen-bond donors (Lipinski definition) is 1. The molecule has 0 bridgehead atoms. The van der Waals surface area contributed by atoms with Crippen molar-refractivity contribution in [2.45, 2.75) is 27.3 Å². The molecule has 0 saturated heterocycles. The van der Waals surface area contributed by atoms with Gasteiger partial charge in [-0.15, -0.1) is 0 Å². The molecule has 1 aromatic heterocycles. The zero-order chi connectivity index (χ0) is 17.4. The number of rotatable bonds is 2. The summed E-state index contributed by atoms with van der Waals surface area (Å²) in [5.41, 5.74) is 3.34. The van der Waals surface area contributed by atoms with E-state index in [4.69, 9.17) is 16.3 Å². The van der Waals surface area contributed by atoms with Crippen LogP contribution in [0.2, 0.25) is 5.02 Å². The molecule has 0 saturated carbocycles. The predicted octanol–water partition coefficient (Wildman–Crippen LogP) is 3.52. The molecule has 0 atom stereocenters. The van der Waals surface area contributed by atoms with E-state index in [-0.39, 0.29) is 11.7 Å². The van der Waals surface area contributed by atoms with Crippen LogP contribution in [0.1, 0.15) is 44.6 Å². The molecule has 2 aromatic rings. The topological polar surface area (TPSA) is 62.4 Å². The number of aromatic nitrogens is 1. The predicted molar refractivity (Wildman–Crippen MR) is 92.0 cm³/mol. The van der Waals surface area contributed by atoms with Crippen LogP contribution < -0.4 is 4.74 Å². The van der Waals surface area contributed by atoms with Crippen molar-refractivity contribution in [2.24, 2.45) is 0 Å². The van der Waals surface area contributed by atoms with Gasteiger partial charge in [-0.05, 0) is 37.6 Å². The minimum atomic E-state index is -0.106. The summed E-state index contributed by atoms with van der Waals surface area (Å²) in [6.07, 6.45) is 0. The average Bonchev–Trinajstić information content (AvgIpc) is 2.70. The number of aryl methyl sites for hydroxylation is 1. The van der Waals surface area contributed by atoms with Crippen LogP contribution in [0.4, 0.5) is 0 Å². The molecule has 1 aliphatic rings. The van der Waals surface area contributed by atoms with Gasteiger partial charge in [-0.2, -0.15) is 0 Å². The lowest BCUT2D eigenvalue weighted by Crippen LogP contribution is -2.33. The van der Waals surface area contributed by atoms with Crippen LogP contribution in [0.3, 0.4) is 0 Å². The highest BCUT2D eigenvalue weighted by Crippen LogP contribution is 2.28. The van der Waals surface area contributed by atoms with Gasteiger partial charge in [-0.3, -0.25) is 9.59 Å². The molecule has 3 rings (SSSR count). The highest BCUT2D eigenvalue weighted by Gasteiger charge is 2.26. The summed E-state index contributed by atoms with van der Waals surface area (Å²) in [7, 11) is 0. The number of aromatic amines is 1. The number of Topliss-reactive ketones (excluding diaryl/α,β-unsaturated/α-hetero) is 1. The van der Waals surface area contributed by atoms with Crippen molar-refractivity contribution in [1.29, 1.82) is 0 Å². The molecular formula is C18H19ClN2O3. The van der Waals surface area contributed by atoms with Crippen molar-refractivity contribution in [3.8, 4) is 5.75 Å². The summed E-state index contributed by atoms with van der Waals surface area (Å²) in [5, 5.41) is 0.611. The summed E-state index contributed by atoms with van der Waals surface area (Å²) < 4.78 is 5.71. The Labute approximate surface area is 145 Å². The lowest BCUT2D eigenvalue weighted by atomic mass is 10.1. The van der Waals surface area contributed by atoms with Crippen molar-refractivity contribution in [3.05, 3.63) is 51.3 Å². The van der Waals surface area contributed by atoms with Gasteiger partial charge in [0.05, 0.1) is 17.8 Å². The number of nitrogens with zero attached hydrogens (tertiary/aromatic N) is 1. The van der Waals surface area contributed by atoms with Gasteiger partial charge in [0.25, 0.3) is 5.91 Å². The van der Waals surface area contributed by atoms with E-state index in [9.17, 15) is 9.59 Å². The maximum atomic E-state index is 13.0. The van der Waals surface area contributed by atoms with E-state index in [1.54, 1.807) is 17.9 Å². The maximum Gasteiger partial charge on any atom is 0.256 e. The number of carbonyl (C=O) groups excluding carboxylic acids is 2. The second-order valence-corrected chi connectivity index (χ2v) is 6.44. The standard InChI is InChI=1S/C18H19ClN2O3/c1-10-16(11(2)20-17(10)12(3)22)18(23)21-6-7-24-15-5-4-14(19)8-13(15)9-21/h4-5,8,20H,6-7,9H2,1-3H3. The van der Waals surface area contributed by atoms with E-state index >= 15 is 0 Å². The Morgan fingerprint density at radius 2 is 2.04 bits per heavy atom. The molecular weight excluding hydrogens is 328 g/mol. The van der Waals surface area contributed by atoms with E-state index in [1.165, 1.54) is 6.92 Å². The normalized spacial score (nSPS) is 13.9. The highest BCUT2D eigenvalue weighted by atomic mass is 35.5. The molecule has 0 aliphatic carbocycles. The van der Waals surface area contributed by atoms with Crippen LogP contribution in [-0.2, 0) is 6.54 Å². The fraction of sp³-hybridized carbons (Fsp3) is 0.333. The number of ketones is 1. The Morgan fingerprint density at radius 1 is 1.29 bits per heavy atom. The quantitative estimate of drug-likeness (QED) is 0.846. The number of halogens is 1. The van der Waals surface area contributed by atoms with E-state index in [0.717, 1.165) is 11.3 Å². The van der Waals surface area contributed by atoms with Crippen molar-refractivity contribution in [3.63, 3.8) is 0 Å². The van der Waals surface area contributed by atoms with Crippen LogP contribution in [0.25, 0.3) is 0 Å². The molecule has 0 radical (unpaired) electrons. The number of ether oxygens (including phenoxy) is 1. The van der Waals surface area contributed by atoms with Crippen LogP contribution in [0.5, 0.6) is 5.75 Å². The molecule has 2 heterocycles. The third-order valence-electron chi connectivity index (χ3n) is 4.29. The van der Waals surface area contributed by atoms with Crippen molar-refractivity contribution >= 4 is 23.3 Å². The maximum absolute atomic E-state index is 13.0. The van der Waals surface area contributed by atoms with Crippen molar-refractivity contribution in [1.82, 2.24) is 9.88 Å². The number of amides is 1. The smallest absolute Gasteiger partial charge is 0.256 e. The second-order valence-electron chi connectivity index (χ2n) is 6.01. The van der Waals surface area contributed by atoms with E-state index < -0.39 is 0 Å². The number of hydrogen-bond acceptors (Lipinski definition) is 3. The second kappa shape index (κ2) is 6.32. The Bertz CT molecular complexity index is 826. The molecule has 1 aromatic carbocycles. The molecule has 24 heavy (non-hydrogen) atoms. The Hall–Kier alpha value is -2.27. The van der Waals surface area contributed by atoms with Crippen LogP contribution in [0.15, 0.2) is 18.2 Å². The third-order valence-corrected chi connectivity index (χ3v) is 4.53. The third kappa shape index (κ3) is 2.91. The lowest BCUT2D eigenvalue weighted by molar-refractivity contribution is 0.0732. The summed E-state index contributed by atoms with van der Waals surface area (Å²) in [6, 6.07) is 5.42. The van der Waals surface area contributed by atoms with E-state index in [1.807, 2.05) is 19.1 Å². The summed E-state index contributed by atoms with van der Waals surface area (Å²) in [4.78, 5) is 29.5. The summed E-state index contributed by atoms with van der Waals surface area (Å²) in [6.45, 7) is 6.42. The minimum absolute atomic E-state index is 0.0778. The molecule has 1 amide bonds. The van der Waals surface area contributed by atoms with E-state index in [2.05, 4.69) is 4.98 Å². The summed E-state index contributed by atoms with van der Waals surface area (Å²) >= 11 is 6.06. The van der Waals surface area contributed by atoms with Gasteiger partial charge >= 0.3 is 0 Å². The molecule has 5 nitrogen and oxygen atoms in total. The SMILES string of the molecule is CC(=O)c1[nH]c(C)c(C(=O)N2CCOc3ccc(Cl)cc3C2)c1C. The van der Waals surface area contributed by atoms with Gasteiger partial charge in [0.2, 0.25) is 0 Å². The number of H-pyrrole nitrogens is 1. The fourth-order valence-electron chi connectivity index (χ4n) is 3.12. The fourth-order valence-corrected chi connectivity index (χ4v) is 3.31. The first-order valence-electron chi connectivity index (χ1n) is 7.79. The minimum Gasteiger partial charge on any atom is -0.491 e. The number of fused-ring (bicyclic) bond motifs is 1. The molecule has 0 fully saturated rings. The first-order chi connectivity index (χ1) is 11.4. The number of carbonyl (C=O) groups is 2. The van der Waals surface area contributed by atoms with Crippen molar-refractivity contribution in [2.75, 3.05) is 13.2 Å². The summed E-state index contributed by atoms with van der Waals surface area (Å²) in [5.74, 6) is 0.567. The van der Waals surface area contributed by atoms with Crippen LogP contribution >= 0.6 is 11.6 Å². The number of benzene rings is 1. The first-order valence-corrected chi connectivity index (χ1v) is 8.17. The van der Waals surface area contributed by atoms with Gasteiger partial charge < -0.3 is 14.6 Å². The van der Waals surface area contributed by atoms with Gasteiger partial charge in [-0.1, -0.05) is 11.6 Å². The van der Waals surface area contributed by atoms with Gasteiger partial charge in [0, 0.05) is 29.7 Å². The molecule has 1 N–H and O–H groups in total. The van der Waals surface area contributed by atoms with Crippen LogP contribution in [-0.4, -0.2) is 34.7 Å². The molecule has 1 aliphatic heterocycles. The Balaban J connectivity index is 1.95. The molecule has 0 spiro atoms. The lowest BCUT2D eigenvalue weighted by Gasteiger charge is -2.20.